The molecule has 32 heavy (non-hydrogen) atoms. The zero-order chi connectivity index (χ0) is 23.4. The molecular formula is C25H46FN3O3. The molecule has 3 N–H and O–H groups in total. The Kier molecular flexibility index (Phi) is 17.0. The zero-order valence-electron chi connectivity index (χ0n) is 20.2. The number of hydrogen-bond acceptors (Lipinski definition) is 5. The van der Waals surface area contributed by atoms with E-state index in [1.165, 1.54) is 89.9 Å². The number of nitrogen functional groups attached to an aromatic ring is 1. The first-order chi connectivity index (χ1) is 15.5. The number of halogens is 1. The summed E-state index contributed by atoms with van der Waals surface area (Å²) in [6.07, 6.45) is 21.3. The van der Waals surface area contributed by atoms with Crippen LogP contribution in [0.4, 0.5) is 10.2 Å². The Hall–Kier alpha value is -1.47. The number of aliphatic hydroxyl groups is 1. The molecule has 1 heterocycles. The van der Waals surface area contributed by atoms with Crippen LogP contribution in [0.1, 0.15) is 116 Å². The molecule has 186 valence electrons. The van der Waals surface area contributed by atoms with Gasteiger partial charge in [0.2, 0.25) is 0 Å². The normalized spacial score (nSPS) is 12.3. The summed E-state index contributed by atoms with van der Waals surface area (Å²) in [5.74, 6) is -1.15. The van der Waals surface area contributed by atoms with Crippen molar-refractivity contribution in [2.45, 2.75) is 129 Å². The Bertz CT molecular complexity index is 639. The van der Waals surface area contributed by atoms with E-state index >= 15 is 0 Å². The molecule has 1 atom stereocenters. The van der Waals surface area contributed by atoms with Gasteiger partial charge in [-0.3, -0.25) is 4.57 Å². The second kappa shape index (κ2) is 19.0. The number of ether oxygens (including phenoxy) is 1. The summed E-state index contributed by atoms with van der Waals surface area (Å²) in [5.41, 5.74) is 4.62. The number of aryl methyl sites for hydroxylation is 1. The minimum Gasteiger partial charge on any atom is -0.381 e. The summed E-state index contributed by atoms with van der Waals surface area (Å²) in [6.45, 7) is 2.88. The molecule has 0 aliphatic heterocycles. The number of unbranched alkanes of at least 4 members (excludes halogenated alkanes) is 15. The van der Waals surface area contributed by atoms with Crippen LogP contribution >= 0.6 is 0 Å². The monoisotopic (exact) mass is 455 g/mol. The highest BCUT2D eigenvalue weighted by molar-refractivity contribution is 5.26. The predicted molar refractivity (Wildman–Crippen MR) is 129 cm³/mol. The van der Waals surface area contributed by atoms with Crippen molar-refractivity contribution in [3.63, 3.8) is 0 Å². The van der Waals surface area contributed by atoms with Crippen molar-refractivity contribution in [2.24, 2.45) is 0 Å². The lowest BCUT2D eigenvalue weighted by Crippen LogP contribution is -2.27. The van der Waals surface area contributed by atoms with Gasteiger partial charge in [0.25, 0.3) is 0 Å². The smallest absolute Gasteiger partial charge is 0.349 e. The first-order valence-corrected chi connectivity index (χ1v) is 12.9. The largest absolute Gasteiger partial charge is 0.381 e. The van der Waals surface area contributed by atoms with Gasteiger partial charge in [0.05, 0.1) is 0 Å². The van der Waals surface area contributed by atoms with Crippen molar-refractivity contribution in [3.05, 3.63) is 22.5 Å². The lowest BCUT2D eigenvalue weighted by Gasteiger charge is -2.13. The van der Waals surface area contributed by atoms with Crippen molar-refractivity contribution < 1.29 is 14.2 Å². The van der Waals surface area contributed by atoms with Gasteiger partial charge in [0.15, 0.2) is 17.9 Å². The van der Waals surface area contributed by atoms with E-state index in [-0.39, 0.29) is 13.0 Å². The van der Waals surface area contributed by atoms with Crippen molar-refractivity contribution in [3.8, 4) is 0 Å². The van der Waals surface area contributed by atoms with E-state index in [2.05, 4.69) is 11.9 Å². The third kappa shape index (κ3) is 14.6. The van der Waals surface area contributed by atoms with Crippen LogP contribution in [0.3, 0.4) is 0 Å². The van der Waals surface area contributed by atoms with Crippen LogP contribution in [-0.4, -0.2) is 27.6 Å². The lowest BCUT2D eigenvalue weighted by molar-refractivity contribution is -0.106. The van der Waals surface area contributed by atoms with E-state index in [0.717, 1.165) is 23.6 Å². The van der Waals surface area contributed by atoms with Crippen molar-refractivity contribution >= 4 is 5.82 Å². The predicted octanol–water partition coefficient (Wildman–Crippen LogP) is 5.95. The molecule has 0 aliphatic carbocycles. The summed E-state index contributed by atoms with van der Waals surface area (Å²) >= 11 is 0. The number of aromatic nitrogens is 2. The van der Waals surface area contributed by atoms with Crippen molar-refractivity contribution in [2.75, 3.05) is 12.3 Å². The average Bonchev–Trinajstić information content (AvgIpc) is 2.77. The van der Waals surface area contributed by atoms with Crippen molar-refractivity contribution in [1.29, 1.82) is 0 Å². The van der Waals surface area contributed by atoms with Gasteiger partial charge < -0.3 is 15.6 Å². The molecule has 0 saturated carbocycles. The summed E-state index contributed by atoms with van der Waals surface area (Å²) in [7, 11) is 0. The molecule has 0 spiro atoms. The van der Waals surface area contributed by atoms with Crippen LogP contribution in [0, 0.1) is 5.82 Å². The molecule has 0 radical (unpaired) electrons. The maximum Gasteiger partial charge on any atom is 0.349 e. The first-order valence-electron chi connectivity index (χ1n) is 12.9. The maximum absolute atomic E-state index is 13.4. The first kappa shape index (κ1) is 28.6. The number of nitrogens with two attached hydrogens (primary N) is 1. The fraction of sp³-hybridized carbons (Fsp3) is 0.840. The van der Waals surface area contributed by atoms with Gasteiger partial charge in [0.1, 0.15) is 0 Å². The topological polar surface area (TPSA) is 90.4 Å². The zero-order valence-corrected chi connectivity index (χ0v) is 20.2. The van der Waals surface area contributed by atoms with E-state index < -0.39 is 23.6 Å². The van der Waals surface area contributed by atoms with E-state index in [4.69, 9.17) is 10.5 Å². The Morgan fingerprint density at radius 1 is 0.938 bits per heavy atom. The lowest BCUT2D eigenvalue weighted by atomic mass is 10.0. The Balaban J connectivity index is 1.86. The van der Waals surface area contributed by atoms with Gasteiger partial charge in [-0.25, -0.2) is 9.18 Å². The molecule has 0 aromatic carbocycles. The van der Waals surface area contributed by atoms with Crippen LogP contribution in [0.5, 0.6) is 0 Å². The highest BCUT2D eigenvalue weighted by atomic mass is 19.1. The average molecular weight is 456 g/mol. The Morgan fingerprint density at radius 2 is 1.41 bits per heavy atom. The number of nitrogens with zero attached hydrogens (tertiary/aromatic N) is 2. The molecule has 1 aromatic heterocycles. The summed E-state index contributed by atoms with van der Waals surface area (Å²) < 4.78 is 19.8. The number of anilines is 1. The maximum atomic E-state index is 13.4. The second-order valence-electron chi connectivity index (χ2n) is 8.87. The molecule has 1 unspecified atom stereocenters. The SMILES string of the molecule is CCCCCCCCCCCCCCCCCCOC(O)CCn1cc(F)c(N)nc1=O. The molecule has 7 heteroatoms. The third-order valence-corrected chi connectivity index (χ3v) is 5.90. The van der Waals surface area contributed by atoms with E-state index in [1.807, 2.05) is 0 Å². The molecule has 0 bridgehead atoms. The quantitative estimate of drug-likeness (QED) is 0.176. The van der Waals surface area contributed by atoms with Gasteiger partial charge in [-0.15, -0.1) is 0 Å². The third-order valence-electron chi connectivity index (χ3n) is 5.90. The van der Waals surface area contributed by atoms with E-state index in [9.17, 15) is 14.3 Å². The highest BCUT2D eigenvalue weighted by Crippen LogP contribution is 2.14. The van der Waals surface area contributed by atoms with Crippen LogP contribution < -0.4 is 11.4 Å². The van der Waals surface area contributed by atoms with E-state index in [0.29, 0.717) is 6.61 Å². The van der Waals surface area contributed by atoms with Gasteiger partial charge in [-0.2, -0.15) is 4.98 Å². The van der Waals surface area contributed by atoms with Gasteiger partial charge in [0, 0.05) is 25.8 Å². The minimum absolute atomic E-state index is 0.128. The molecule has 0 aliphatic rings. The molecule has 0 fully saturated rings. The van der Waals surface area contributed by atoms with Gasteiger partial charge in [-0.1, -0.05) is 103 Å². The van der Waals surface area contributed by atoms with Gasteiger partial charge in [-0.05, 0) is 6.42 Å². The molecular weight excluding hydrogens is 409 g/mol. The highest BCUT2D eigenvalue weighted by Gasteiger charge is 2.08. The summed E-state index contributed by atoms with van der Waals surface area (Å²) in [5, 5.41) is 9.87. The van der Waals surface area contributed by atoms with Crippen LogP contribution in [0.2, 0.25) is 0 Å². The molecule has 0 saturated heterocycles. The second-order valence-corrected chi connectivity index (χ2v) is 8.87. The van der Waals surface area contributed by atoms with Crippen molar-refractivity contribution in [1.82, 2.24) is 9.55 Å². The number of hydrogen-bond donors (Lipinski definition) is 2. The van der Waals surface area contributed by atoms with Crippen LogP contribution in [-0.2, 0) is 11.3 Å². The molecule has 1 rings (SSSR count). The standard InChI is InChI=1S/C25H46FN3O3/c1-2-3-4-5-6-7-8-9-10-11-12-13-14-15-16-17-20-32-23(30)18-19-29-21-22(26)24(27)28-25(29)31/h21,23,30H,2-20H2,1H3,(H2,27,28,31). The van der Waals surface area contributed by atoms with Crippen LogP contribution in [0.15, 0.2) is 11.0 Å². The fourth-order valence-electron chi connectivity index (χ4n) is 3.84. The molecule has 0 amide bonds. The number of rotatable bonds is 21. The van der Waals surface area contributed by atoms with Crippen LogP contribution in [0.25, 0.3) is 0 Å². The van der Waals surface area contributed by atoms with E-state index in [1.54, 1.807) is 0 Å². The molecule has 6 nitrogen and oxygen atoms in total. The number of aliphatic hydroxyl groups excluding tert-OH is 1. The fourth-order valence-corrected chi connectivity index (χ4v) is 3.84. The Labute approximate surface area is 193 Å². The Morgan fingerprint density at radius 3 is 1.91 bits per heavy atom. The summed E-state index contributed by atoms with van der Waals surface area (Å²) in [4.78, 5) is 15.0. The minimum atomic E-state index is -0.973. The summed E-state index contributed by atoms with van der Waals surface area (Å²) in [6, 6.07) is 0. The molecule has 1 aromatic rings. The van der Waals surface area contributed by atoms with Gasteiger partial charge >= 0.3 is 5.69 Å².